The summed E-state index contributed by atoms with van der Waals surface area (Å²) in [6.07, 6.45) is 3.68. The second-order valence-corrected chi connectivity index (χ2v) is 4.73. The minimum absolute atomic E-state index is 0.133. The molecule has 0 saturated carbocycles. The quantitative estimate of drug-likeness (QED) is 0.595. The zero-order valence-electron chi connectivity index (χ0n) is 10.4. The Morgan fingerprint density at radius 1 is 1.29 bits per heavy atom. The largest absolute Gasteiger partial charge is 0.497 e. The molecule has 0 heterocycles. The molecule has 0 bridgehead atoms. The molecule has 0 amide bonds. The first kappa shape index (κ1) is 14.1. The first-order valence-corrected chi connectivity index (χ1v) is 6.32. The van der Waals surface area contributed by atoms with Gasteiger partial charge in [-0.05, 0) is 25.5 Å². The summed E-state index contributed by atoms with van der Waals surface area (Å²) in [5.41, 5.74) is 1.17. The number of ether oxygens (including phenoxy) is 1. The maximum absolute atomic E-state index is 5.93. The summed E-state index contributed by atoms with van der Waals surface area (Å²) in [6, 6.07) is 10.4. The Balaban J connectivity index is 2.11. The number of alkyl halides is 1. The van der Waals surface area contributed by atoms with Crippen molar-refractivity contribution in [1.82, 2.24) is 5.32 Å². The van der Waals surface area contributed by atoms with Gasteiger partial charge in [-0.2, -0.15) is 0 Å². The molecule has 1 unspecified atom stereocenters. The minimum Gasteiger partial charge on any atom is -0.497 e. The van der Waals surface area contributed by atoms with E-state index in [-0.39, 0.29) is 5.38 Å². The van der Waals surface area contributed by atoms with Gasteiger partial charge in [-0.3, -0.25) is 0 Å². The minimum atomic E-state index is 0.133. The van der Waals surface area contributed by atoms with Gasteiger partial charge in [0.2, 0.25) is 0 Å². The van der Waals surface area contributed by atoms with E-state index < -0.39 is 0 Å². The number of hydrogen-bond donors (Lipinski definition) is 1. The van der Waals surface area contributed by atoms with Crippen LogP contribution in [-0.2, 0) is 11.3 Å². The van der Waals surface area contributed by atoms with E-state index in [9.17, 15) is 0 Å². The fourth-order valence-electron chi connectivity index (χ4n) is 1.25. The Labute approximate surface area is 109 Å². The van der Waals surface area contributed by atoms with Gasteiger partial charge in [0, 0.05) is 18.0 Å². The number of halogens is 1. The molecular formula is C14H20ClNO. The molecule has 0 fully saturated rings. The molecule has 0 aliphatic carbocycles. The van der Waals surface area contributed by atoms with Crippen LogP contribution in [0.1, 0.15) is 19.4 Å². The molecule has 1 N–H and O–H groups in total. The number of hydrogen-bond acceptors (Lipinski definition) is 2. The molecule has 0 aromatic heterocycles. The third-order valence-corrected chi connectivity index (χ3v) is 2.91. The van der Waals surface area contributed by atoms with Crippen LogP contribution < -0.4 is 5.32 Å². The van der Waals surface area contributed by atoms with Crippen molar-refractivity contribution in [2.75, 3.05) is 6.54 Å². The molecule has 1 rings (SSSR count). The van der Waals surface area contributed by atoms with Crippen LogP contribution in [0.15, 0.2) is 42.7 Å². The standard InChI is InChI=1S/C14H20ClNO/c1-12(15)13(2)16-9-6-10-17-11-14-7-4-3-5-8-14/h3-8,10,12-13,16H,9,11H2,1-2H3/b10-6+/t12?,13-/m0/s1. The number of rotatable bonds is 7. The van der Waals surface area contributed by atoms with Gasteiger partial charge in [-0.15, -0.1) is 11.6 Å². The summed E-state index contributed by atoms with van der Waals surface area (Å²) in [6.45, 7) is 5.43. The lowest BCUT2D eigenvalue weighted by Gasteiger charge is -2.13. The van der Waals surface area contributed by atoms with Crippen LogP contribution in [0.5, 0.6) is 0 Å². The Hall–Kier alpha value is -0.990. The Morgan fingerprint density at radius 3 is 2.65 bits per heavy atom. The Kier molecular flexibility index (Phi) is 6.75. The lowest BCUT2D eigenvalue weighted by Crippen LogP contribution is -2.32. The second kappa shape index (κ2) is 8.15. The molecule has 2 atom stereocenters. The topological polar surface area (TPSA) is 21.3 Å². The Bertz CT molecular complexity index is 324. The summed E-state index contributed by atoms with van der Waals surface area (Å²) < 4.78 is 5.41. The third kappa shape index (κ3) is 6.35. The van der Waals surface area contributed by atoms with Gasteiger partial charge in [0.25, 0.3) is 0 Å². The molecule has 2 nitrogen and oxygen atoms in total. The smallest absolute Gasteiger partial charge is 0.112 e. The highest BCUT2D eigenvalue weighted by Crippen LogP contribution is 2.01. The average molecular weight is 254 g/mol. The maximum Gasteiger partial charge on any atom is 0.112 e. The highest BCUT2D eigenvalue weighted by Gasteiger charge is 2.05. The van der Waals surface area contributed by atoms with E-state index in [1.54, 1.807) is 6.26 Å². The molecule has 1 aromatic carbocycles. The molecule has 0 radical (unpaired) electrons. The second-order valence-electron chi connectivity index (χ2n) is 4.04. The first-order valence-electron chi connectivity index (χ1n) is 5.88. The maximum atomic E-state index is 5.93. The summed E-state index contributed by atoms with van der Waals surface area (Å²) >= 11 is 5.93. The van der Waals surface area contributed by atoms with E-state index in [2.05, 4.69) is 12.2 Å². The van der Waals surface area contributed by atoms with Gasteiger partial charge in [0.05, 0.1) is 6.26 Å². The van der Waals surface area contributed by atoms with Crippen molar-refractivity contribution in [3.8, 4) is 0 Å². The van der Waals surface area contributed by atoms with Gasteiger partial charge >= 0.3 is 0 Å². The molecule has 0 aliphatic rings. The lowest BCUT2D eigenvalue weighted by molar-refractivity contribution is 0.235. The summed E-state index contributed by atoms with van der Waals surface area (Å²) in [7, 11) is 0. The highest BCUT2D eigenvalue weighted by atomic mass is 35.5. The van der Waals surface area contributed by atoms with Crippen molar-refractivity contribution in [1.29, 1.82) is 0 Å². The monoisotopic (exact) mass is 253 g/mol. The fourth-order valence-corrected chi connectivity index (χ4v) is 1.34. The molecule has 94 valence electrons. The van der Waals surface area contributed by atoms with Crippen molar-refractivity contribution < 1.29 is 4.74 Å². The van der Waals surface area contributed by atoms with Crippen molar-refractivity contribution in [3.05, 3.63) is 48.2 Å². The van der Waals surface area contributed by atoms with E-state index >= 15 is 0 Å². The van der Waals surface area contributed by atoms with Crippen LogP contribution in [0, 0.1) is 0 Å². The molecule has 0 aliphatic heterocycles. The first-order chi connectivity index (χ1) is 8.20. The van der Waals surface area contributed by atoms with E-state index in [1.165, 1.54) is 5.56 Å². The molecule has 3 heteroatoms. The fraction of sp³-hybridized carbons (Fsp3) is 0.429. The number of benzene rings is 1. The average Bonchev–Trinajstić information content (AvgIpc) is 2.34. The van der Waals surface area contributed by atoms with Crippen LogP contribution in [0.2, 0.25) is 0 Å². The molecule has 17 heavy (non-hydrogen) atoms. The zero-order valence-corrected chi connectivity index (χ0v) is 11.2. The van der Waals surface area contributed by atoms with Crippen LogP contribution in [0.3, 0.4) is 0 Å². The SMILES string of the molecule is CC(Cl)[C@H](C)NC/C=C/OCc1ccccc1. The van der Waals surface area contributed by atoms with Crippen molar-refractivity contribution in [2.45, 2.75) is 31.9 Å². The van der Waals surface area contributed by atoms with Crippen LogP contribution in [-0.4, -0.2) is 18.0 Å². The normalized spacial score (nSPS) is 14.8. The molecule has 1 aromatic rings. The summed E-state index contributed by atoms with van der Waals surface area (Å²) in [4.78, 5) is 0. The lowest BCUT2D eigenvalue weighted by atomic mass is 10.2. The Morgan fingerprint density at radius 2 is 2.00 bits per heavy atom. The van der Waals surface area contributed by atoms with E-state index in [4.69, 9.17) is 16.3 Å². The van der Waals surface area contributed by atoms with Crippen LogP contribution in [0.25, 0.3) is 0 Å². The van der Waals surface area contributed by atoms with Crippen LogP contribution in [0.4, 0.5) is 0 Å². The van der Waals surface area contributed by atoms with Gasteiger partial charge in [-0.25, -0.2) is 0 Å². The zero-order chi connectivity index (χ0) is 12.5. The van der Waals surface area contributed by atoms with Crippen molar-refractivity contribution in [2.24, 2.45) is 0 Å². The molecular weight excluding hydrogens is 234 g/mol. The van der Waals surface area contributed by atoms with Crippen molar-refractivity contribution in [3.63, 3.8) is 0 Å². The van der Waals surface area contributed by atoms with Gasteiger partial charge in [0.1, 0.15) is 6.61 Å². The molecule has 0 saturated heterocycles. The third-order valence-electron chi connectivity index (χ3n) is 2.53. The van der Waals surface area contributed by atoms with Crippen LogP contribution >= 0.6 is 11.6 Å². The number of nitrogens with one attached hydrogen (secondary N) is 1. The summed E-state index contributed by atoms with van der Waals surface area (Å²) in [5.74, 6) is 0. The summed E-state index contributed by atoms with van der Waals surface area (Å²) in [5, 5.41) is 3.41. The predicted molar refractivity (Wildman–Crippen MR) is 73.2 cm³/mol. The van der Waals surface area contributed by atoms with Crippen molar-refractivity contribution >= 4 is 11.6 Å². The van der Waals surface area contributed by atoms with E-state index in [1.807, 2.05) is 43.3 Å². The van der Waals surface area contributed by atoms with E-state index in [0.29, 0.717) is 12.6 Å². The van der Waals surface area contributed by atoms with Gasteiger partial charge < -0.3 is 10.1 Å². The van der Waals surface area contributed by atoms with Gasteiger partial charge in [-0.1, -0.05) is 30.3 Å². The highest BCUT2D eigenvalue weighted by molar-refractivity contribution is 6.20. The van der Waals surface area contributed by atoms with E-state index in [0.717, 1.165) is 6.54 Å². The molecule has 0 spiro atoms. The predicted octanol–water partition coefficient (Wildman–Crippen LogP) is 3.32. The van der Waals surface area contributed by atoms with Gasteiger partial charge in [0.15, 0.2) is 0 Å².